The van der Waals surface area contributed by atoms with Crippen molar-refractivity contribution in [2.75, 3.05) is 13.2 Å². The van der Waals surface area contributed by atoms with E-state index in [1.165, 1.54) is 212 Å². The average Bonchev–Trinajstić information content (AvgIpc) is 3.36. The maximum Gasteiger partial charge on any atom is 0.220 e. The largest absolute Gasteiger partial charge is 0.394 e. The van der Waals surface area contributed by atoms with E-state index in [0.29, 0.717) is 6.42 Å². The Morgan fingerprint density at radius 3 is 1.29 bits per heavy atom. The Hall–Kier alpha value is -1.85. The van der Waals surface area contributed by atoms with Gasteiger partial charge in [0.05, 0.1) is 25.4 Å². The Morgan fingerprint density at radius 1 is 0.486 bits per heavy atom. The first-order chi connectivity index (χ1) is 34.3. The van der Waals surface area contributed by atoms with Gasteiger partial charge in [-0.05, 0) is 64.2 Å². The van der Waals surface area contributed by atoms with Gasteiger partial charge in [0.15, 0.2) is 6.29 Å². The van der Waals surface area contributed by atoms with Gasteiger partial charge in [-0.2, -0.15) is 0 Å². The van der Waals surface area contributed by atoms with Gasteiger partial charge >= 0.3 is 0 Å². The molecular weight excluding hydrogens is 875 g/mol. The Kier molecular flexibility index (Phi) is 47.9. The summed E-state index contributed by atoms with van der Waals surface area (Å²) in [5.74, 6) is -0.184. The number of aliphatic hydroxyl groups is 5. The minimum atomic E-state index is -1.57. The summed E-state index contributed by atoms with van der Waals surface area (Å²) in [5.41, 5.74) is 0. The Morgan fingerprint density at radius 2 is 0.857 bits per heavy atom. The van der Waals surface area contributed by atoms with Crippen molar-refractivity contribution in [3.05, 3.63) is 48.6 Å². The summed E-state index contributed by atoms with van der Waals surface area (Å²) in [6.45, 7) is 3.75. The summed E-state index contributed by atoms with van der Waals surface area (Å²) in [5, 5.41) is 54.3. The summed E-state index contributed by atoms with van der Waals surface area (Å²) in [7, 11) is 0. The van der Waals surface area contributed by atoms with Crippen molar-refractivity contribution in [2.24, 2.45) is 0 Å². The maximum absolute atomic E-state index is 13.0. The number of amides is 1. The van der Waals surface area contributed by atoms with Gasteiger partial charge in [-0.1, -0.05) is 255 Å². The number of ether oxygens (including phenoxy) is 2. The Labute approximate surface area is 431 Å². The fourth-order valence-corrected chi connectivity index (χ4v) is 9.38. The van der Waals surface area contributed by atoms with E-state index in [2.05, 4.69) is 55.6 Å². The molecule has 0 aromatic heterocycles. The molecule has 410 valence electrons. The van der Waals surface area contributed by atoms with Crippen LogP contribution in [0.3, 0.4) is 0 Å². The first-order valence-electron chi connectivity index (χ1n) is 29.9. The van der Waals surface area contributed by atoms with Gasteiger partial charge in [-0.25, -0.2) is 0 Å². The van der Waals surface area contributed by atoms with Crippen LogP contribution in [0.4, 0.5) is 0 Å². The van der Waals surface area contributed by atoms with E-state index in [-0.39, 0.29) is 12.5 Å². The number of hydrogen-bond acceptors (Lipinski definition) is 8. The molecule has 1 heterocycles. The minimum absolute atomic E-state index is 0.184. The number of carbonyl (C=O) groups excluding carboxylic acids is 1. The molecule has 1 aliphatic heterocycles. The van der Waals surface area contributed by atoms with Crippen LogP contribution in [0.5, 0.6) is 0 Å². The number of carbonyl (C=O) groups is 1. The highest BCUT2D eigenvalue weighted by Gasteiger charge is 2.44. The van der Waals surface area contributed by atoms with Crippen molar-refractivity contribution < 1.29 is 39.8 Å². The molecule has 7 atom stereocenters. The van der Waals surface area contributed by atoms with Crippen molar-refractivity contribution in [1.82, 2.24) is 5.32 Å². The number of allylic oxidation sites excluding steroid dienone is 7. The van der Waals surface area contributed by atoms with E-state index >= 15 is 0 Å². The Bertz CT molecular complexity index is 1240. The highest BCUT2D eigenvalue weighted by Crippen LogP contribution is 2.23. The van der Waals surface area contributed by atoms with Gasteiger partial charge in [-0.15, -0.1) is 0 Å². The van der Waals surface area contributed by atoms with Crippen molar-refractivity contribution in [2.45, 2.75) is 320 Å². The Balaban J connectivity index is 2.07. The normalized spacial score (nSPS) is 19.7. The average molecular weight is 989 g/mol. The molecular formula is C61H113NO8. The second-order valence-electron chi connectivity index (χ2n) is 20.8. The lowest BCUT2D eigenvalue weighted by atomic mass is 9.99. The number of nitrogens with one attached hydrogen (secondary N) is 1. The van der Waals surface area contributed by atoms with E-state index < -0.39 is 49.5 Å². The molecule has 1 fully saturated rings. The third-order valence-corrected chi connectivity index (χ3v) is 14.1. The van der Waals surface area contributed by atoms with E-state index in [1.807, 2.05) is 6.08 Å². The first-order valence-corrected chi connectivity index (χ1v) is 29.9. The third-order valence-electron chi connectivity index (χ3n) is 14.1. The second kappa shape index (κ2) is 50.7. The lowest BCUT2D eigenvalue weighted by Crippen LogP contribution is -2.60. The van der Waals surface area contributed by atoms with E-state index in [9.17, 15) is 30.3 Å². The molecule has 0 saturated carbocycles. The molecule has 0 aromatic rings. The SMILES string of the molecule is CCCCCCC/C=C\C/C=C\CCCCCCCCCCCCCCCCCCCCCCCCCC(=O)NC(COC1OC(CO)C(O)C(O)C1O)C(O)/C=C/CC/C=C/CCCCCCCC. The van der Waals surface area contributed by atoms with Crippen LogP contribution < -0.4 is 5.32 Å². The van der Waals surface area contributed by atoms with E-state index in [1.54, 1.807) is 6.08 Å². The van der Waals surface area contributed by atoms with Gasteiger partial charge in [0.25, 0.3) is 0 Å². The van der Waals surface area contributed by atoms with Crippen LogP contribution in [0, 0.1) is 0 Å². The number of unbranched alkanes of at least 4 members (excludes halogenated alkanes) is 35. The molecule has 7 unspecified atom stereocenters. The van der Waals surface area contributed by atoms with Gasteiger partial charge in [0.1, 0.15) is 24.4 Å². The van der Waals surface area contributed by atoms with Crippen molar-refractivity contribution in [1.29, 1.82) is 0 Å². The smallest absolute Gasteiger partial charge is 0.220 e. The summed E-state index contributed by atoms with van der Waals surface area (Å²) in [6, 6.07) is -0.819. The molecule has 1 amide bonds. The van der Waals surface area contributed by atoms with Gasteiger partial charge < -0.3 is 40.3 Å². The zero-order chi connectivity index (χ0) is 50.8. The van der Waals surface area contributed by atoms with E-state index in [0.717, 1.165) is 44.9 Å². The van der Waals surface area contributed by atoms with Crippen molar-refractivity contribution in [3.8, 4) is 0 Å². The quantitative estimate of drug-likeness (QED) is 0.0261. The molecule has 6 N–H and O–H groups in total. The molecule has 70 heavy (non-hydrogen) atoms. The van der Waals surface area contributed by atoms with Crippen LogP contribution >= 0.6 is 0 Å². The first kappa shape index (κ1) is 66.2. The molecule has 0 aliphatic carbocycles. The molecule has 0 radical (unpaired) electrons. The predicted molar refractivity (Wildman–Crippen MR) is 295 cm³/mol. The molecule has 0 bridgehead atoms. The topological polar surface area (TPSA) is 149 Å². The molecule has 9 nitrogen and oxygen atoms in total. The lowest BCUT2D eigenvalue weighted by molar-refractivity contribution is -0.302. The number of rotatable bonds is 51. The molecule has 1 rings (SSSR count). The summed E-state index contributed by atoms with van der Waals surface area (Å²) in [6.07, 6.45) is 60.7. The zero-order valence-electron chi connectivity index (χ0n) is 45.5. The zero-order valence-corrected chi connectivity index (χ0v) is 45.5. The lowest BCUT2D eigenvalue weighted by Gasteiger charge is -2.40. The molecule has 1 aliphatic rings. The molecule has 9 heteroatoms. The highest BCUT2D eigenvalue weighted by atomic mass is 16.7. The van der Waals surface area contributed by atoms with Crippen LogP contribution in [-0.2, 0) is 14.3 Å². The fraction of sp³-hybridized carbons (Fsp3) is 0.852. The standard InChI is InChI=1S/C61H113NO8/c1-3-5-7-9-11-13-15-17-18-19-20-21-22-23-24-25-26-27-28-29-30-31-32-33-34-35-36-37-38-39-41-43-45-47-49-51-57(65)62-54(53-69-61-60(68)59(67)58(66)56(52-63)70-61)55(64)50-48-46-44-42-40-16-14-12-10-8-6-4-2/h15,17,19-20,40,42,48,50,54-56,58-61,63-64,66-68H,3-14,16,18,21-39,41,43-47,49,51-53H2,1-2H3,(H,62,65)/b17-15-,20-19-,42-40+,50-48+. The maximum atomic E-state index is 13.0. The van der Waals surface area contributed by atoms with Crippen molar-refractivity contribution in [3.63, 3.8) is 0 Å². The fourth-order valence-electron chi connectivity index (χ4n) is 9.38. The number of hydrogen-bond donors (Lipinski definition) is 6. The summed E-state index contributed by atoms with van der Waals surface area (Å²) >= 11 is 0. The van der Waals surface area contributed by atoms with E-state index in [4.69, 9.17) is 9.47 Å². The molecule has 0 spiro atoms. The second-order valence-corrected chi connectivity index (χ2v) is 20.8. The predicted octanol–water partition coefficient (Wildman–Crippen LogP) is 14.9. The van der Waals surface area contributed by atoms with Gasteiger partial charge in [0.2, 0.25) is 5.91 Å². The van der Waals surface area contributed by atoms with Crippen LogP contribution in [-0.4, -0.2) is 87.5 Å². The monoisotopic (exact) mass is 988 g/mol. The van der Waals surface area contributed by atoms with Crippen molar-refractivity contribution >= 4 is 5.91 Å². The van der Waals surface area contributed by atoms with Crippen LogP contribution in [0.1, 0.15) is 277 Å². The van der Waals surface area contributed by atoms with Crippen LogP contribution in [0.25, 0.3) is 0 Å². The van der Waals surface area contributed by atoms with Crippen LogP contribution in [0.15, 0.2) is 48.6 Å². The minimum Gasteiger partial charge on any atom is -0.394 e. The number of aliphatic hydroxyl groups excluding tert-OH is 5. The van der Waals surface area contributed by atoms with Gasteiger partial charge in [-0.3, -0.25) is 4.79 Å². The summed E-state index contributed by atoms with van der Waals surface area (Å²) < 4.78 is 11.2. The third kappa shape index (κ3) is 39.7. The molecule has 0 aromatic carbocycles. The van der Waals surface area contributed by atoms with Crippen LogP contribution in [0.2, 0.25) is 0 Å². The highest BCUT2D eigenvalue weighted by molar-refractivity contribution is 5.76. The van der Waals surface area contributed by atoms with Gasteiger partial charge in [0, 0.05) is 6.42 Å². The summed E-state index contributed by atoms with van der Waals surface area (Å²) in [4.78, 5) is 13.0. The molecule has 1 saturated heterocycles.